The quantitative estimate of drug-likeness (QED) is 0.632. The summed E-state index contributed by atoms with van der Waals surface area (Å²) in [6.07, 6.45) is 2.16. The maximum absolute atomic E-state index is 11.6. The molecule has 1 aliphatic carbocycles. The van der Waals surface area contributed by atoms with E-state index in [9.17, 15) is 14.7 Å². The molecule has 0 aliphatic heterocycles. The first kappa shape index (κ1) is 12.1. The summed E-state index contributed by atoms with van der Waals surface area (Å²) in [4.78, 5) is 25.1. The van der Waals surface area contributed by atoms with Crippen LogP contribution in [0.4, 0.5) is 0 Å². The van der Waals surface area contributed by atoms with E-state index in [-0.39, 0.29) is 36.7 Å². The molecular formula is C11H16N2O4. The Bertz CT molecular complexity index is 519. The van der Waals surface area contributed by atoms with E-state index in [1.54, 1.807) is 6.92 Å². The second-order valence-electron chi connectivity index (χ2n) is 4.57. The summed E-state index contributed by atoms with van der Waals surface area (Å²) in [5, 5.41) is 18.3. The van der Waals surface area contributed by atoms with E-state index in [1.165, 1.54) is 10.8 Å². The van der Waals surface area contributed by atoms with Gasteiger partial charge in [-0.3, -0.25) is 14.3 Å². The molecular weight excluding hydrogens is 224 g/mol. The van der Waals surface area contributed by atoms with Crippen molar-refractivity contribution in [2.45, 2.75) is 19.4 Å². The fourth-order valence-corrected chi connectivity index (χ4v) is 2.41. The molecule has 1 heterocycles. The first-order valence-electron chi connectivity index (χ1n) is 5.62. The molecule has 1 saturated carbocycles. The highest BCUT2D eigenvalue weighted by molar-refractivity contribution is 5.04. The zero-order chi connectivity index (χ0) is 12.6. The van der Waals surface area contributed by atoms with Crippen molar-refractivity contribution in [3.63, 3.8) is 0 Å². The lowest BCUT2D eigenvalue weighted by atomic mass is 9.70. The number of aliphatic hydroxyl groups excluding tert-OH is 2. The van der Waals surface area contributed by atoms with Crippen molar-refractivity contribution in [1.82, 2.24) is 9.55 Å². The summed E-state index contributed by atoms with van der Waals surface area (Å²) in [6.45, 7) is 1.57. The molecule has 1 aromatic heterocycles. The van der Waals surface area contributed by atoms with Crippen LogP contribution >= 0.6 is 0 Å². The van der Waals surface area contributed by atoms with Gasteiger partial charge in [0.2, 0.25) is 0 Å². The lowest BCUT2D eigenvalue weighted by Gasteiger charge is -2.43. The summed E-state index contributed by atoms with van der Waals surface area (Å²) in [5.74, 6) is -0.0906. The predicted molar refractivity (Wildman–Crippen MR) is 60.9 cm³/mol. The minimum Gasteiger partial charge on any atom is -0.396 e. The van der Waals surface area contributed by atoms with Crippen molar-refractivity contribution in [3.8, 4) is 0 Å². The number of nitrogens with zero attached hydrogens (tertiary/aromatic N) is 1. The smallest absolute Gasteiger partial charge is 0.328 e. The van der Waals surface area contributed by atoms with Crippen molar-refractivity contribution in [2.75, 3.05) is 13.2 Å². The van der Waals surface area contributed by atoms with E-state index in [0.717, 1.165) is 0 Å². The summed E-state index contributed by atoms with van der Waals surface area (Å²) in [7, 11) is 0. The van der Waals surface area contributed by atoms with Crippen LogP contribution in [0.2, 0.25) is 0 Å². The zero-order valence-electron chi connectivity index (χ0n) is 9.59. The second-order valence-corrected chi connectivity index (χ2v) is 4.57. The molecule has 0 aromatic carbocycles. The Labute approximate surface area is 97.5 Å². The van der Waals surface area contributed by atoms with Gasteiger partial charge in [0.25, 0.3) is 5.56 Å². The molecule has 1 aliphatic rings. The largest absolute Gasteiger partial charge is 0.396 e. The summed E-state index contributed by atoms with van der Waals surface area (Å²) < 4.78 is 1.45. The van der Waals surface area contributed by atoms with Crippen LogP contribution in [0.1, 0.15) is 18.0 Å². The van der Waals surface area contributed by atoms with Gasteiger partial charge in [0.05, 0.1) is 0 Å². The van der Waals surface area contributed by atoms with Crippen LogP contribution < -0.4 is 11.2 Å². The standard InChI is InChI=1S/C11H16N2O4/c1-6-3-13(11(17)12-10(6)16)9-2-7(4-14)8(9)5-15/h3,7-9,14-15H,2,4-5H2,1H3,(H,12,16,17)/t7-,8-,9-/m0/s1. The fraction of sp³-hybridized carbons (Fsp3) is 0.636. The van der Waals surface area contributed by atoms with E-state index < -0.39 is 5.69 Å². The van der Waals surface area contributed by atoms with Crippen molar-refractivity contribution in [2.24, 2.45) is 11.8 Å². The van der Waals surface area contributed by atoms with Crippen LogP contribution in [0.5, 0.6) is 0 Å². The van der Waals surface area contributed by atoms with Gasteiger partial charge in [-0.2, -0.15) is 0 Å². The van der Waals surface area contributed by atoms with Gasteiger partial charge in [0, 0.05) is 36.9 Å². The van der Waals surface area contributed by atoms with E-state index in [2.05, 4.69) is 4.98 Å². The Hall–Kier alpha value is -1.40. The molecule has 0 spiro atoms. The molecule has 1 aromatic rings. The average Bonchev–Trinajstić information content (AvgIpc) is 2.25. The van der Waals surface area contributed by atoms with E-state index >= 15 is 0 Å². The molecule has 0 saturated heterocycles. The van der Waals surface area contributed by atoms with Crippen molar-refractivity contribution >= 4 is 0 Å². The first-order chi connectivity index (χ1) is 8.08. The lowest BCUT2D eigenvalue weighted by molar-refractivity contribution is -0.00881. The van der Waals surface area contributed by atoms with Gasteiger partial charge in [-0.1, -0.05) is 0 Å². The second kappa shape index (κ2) is 4.46. The molecule has 0 radical (unpaired) electrons. The number of aryl methyl sites for hydroxylation is 1. The molecule has 0 unspecified atom stereocenters. The molecule has 3 N–H and O–H groups in total. The molecule has 6 nitrogen and oxygen atoms in total. The van der Waals surface area contributed by atoms with Gasteiger partial charge < -0.3 is 10.2 Å². The van der Waals surface area contributed by atoms with Crippen LogP contribution in [0.25, 0.3) is 0 Å². The molecule has 0 amide bonds. The van der Waals surface area contributed by atoms with Gasteiger partial charge in [-0.25, -0.2) is 4.79 Å². The van der Waals surface area contributed by atoms with E-state index in [4.69, 9.17) is 5.11 Å². The summed E-state index contributed by atoms with van der Waals surface area (Å²) in [6, 6.07) is -0.139. The monoisotopic (exact) mass is 240 g/mol. The highest BCUT2D eigenvalue weighted by atomic mass is 16.3. The minimum atomic E-state index is -0.458. The van der Waals surface area contributed by atoms with Gasteiger partial charge in [0.1, 0.15) is 0 Å². The molecule has 0 bridgehead atoms. The molecule has 6 heteroatoms. The number of hydrogen-bond donors (Lipinski definition) is 3. The third kappa shape index (κ3) is 1.94. The third-order valence-electron chi connectivity index (χ3n) is 3.59. The minimum absolute atomic E-state index is 0.0127. The Morgan fingerprint density at radius 2 is 2.12 bits per heavy atom. The normalized spacial score (nSPS) is 27.8. The maximum Gasteiger partial charge on any atom is 0.328 e. The van der Waals surface area contributed by atoms with Crippen molar-refractivity contribution < 1.29 is 10.2 Å². The molecule has 1 fully saturated rings. The zero-order valence-corrected chi connectivity index (χ0v) is 9.59. The first-order valence-corrected chi connectivity index (χ1v) is 5.62. The Morgan fingerprint density at radius 3 is 2.71 bits per heavy atom. The van der Waals surface area contributed by atoms with Gasteiger partial charge in [-0.15, -0.1) is 0 Å². The Morgan fingerprint density at radius 1 is 1.41 bits per heavy atom. The highest BCUT2D eigenvalue weighted by Gasteiger charge is 2.41. The summed E-state index contributed by atoms with van der Waals surface area (Å²) >= 11 is 0. The molecule has 2 rings (SSSR count). The molecule has 3 atom stereocenters. The number of nitrogens with one attached hydrogen (secondary N) is 1. The van der Waals surface area contributed by atoms with Crippen LogP contribution in [-0.4, -0.2) is 33.0 Å². The summed E-state index contributed by atoms with van der Waals surface area (Å²) in [5.41, 5.74) is -0.376. The topological polar surface area (TPSA) is 95.3 Å². The average molecular weight is 240 g/mol. The van der Waals surface area contributed by atoms with Crippen LogP contribution in [0.3, 0.4) is 0 Å². The molecule has 94 valence electrons. The van der Waals surface area contributed by atoms with E-state index in [0.29, 0.717) is 12.0 Å². The van der Waals surface area contributed by atoms with Gasteiger partial charge in [0.15, 0.2) is 0 Å². The number of aromatic amines is 1. The number of rotatable bonds is 3. The molecule has 17 heavy (non-hydrogen) atoms. The lowest BCUT2D eigenvalue weighted by Crippen LogP contribution is -2.47. The maximum atomic E-state index is 11.6. The Balaban J connectivity index is 2.33. The number of aliphatic hydroxyl groups is 2. The van der Waals surface area contributed by atoms with E-state index in [1.807, 2.05) is 0 Å². The van der Waals surface area contributed by atoms with Gasteiger partial charge >= 0.3 is 5.69 Å². The number of aromatic nitrogens is 2. The predicted octanol–water partition coefficient (Wildman–Crippen LogP) is -0.993. The Kier molecular flexibility index (Phi) is 3.17. The fourth-order valence-electron chi connectivity index (χ4n) is 2.41. The van der Waals surface area contributed by atoms with Crippen LogP contribution in [0.15, 0.2) is 15.8 Å². The van der Waals surface area contributed by atoms with Crippen LogP contribution in [-0.2, 0) is 0 Å². The third-order valence-corrected chi connectivity index (χ3v) is 3.59. The van der Waals surface area contributed by atoms with Gasteiger partial charge in [-0.05, 0) is 19.3 Å². The van der Waals surface area contributed by atoms with Crippen molar-refractivity contribution in [1.29, 1.82) is 0 Å². The SMILES string of the molecule is Cc1cn([C@H]2C[C@@H](CO)[C@@H]2CO)c(=O)[nH]c1=O. The highest BCUT2D eigenvalue weighted by Crippen LogP contribution is 2.42. The van der Waals surface area contributed by atoms with Crippen molar-refractivity contribution in [3.05, 3.63) is 32.6 Å². The van der Waals surface area contributed by atoms with Crippen LogP contribution in [0, 0.1) is 18.8 Å². The number of hydrogen-bond acceptors (Lipinski definition) is 4. The number of H-pyrrole nitrogens is 1.